The molecule has 0 bridgehead atoms. The number of rotatable bonds is 1. The van der Waals surface area contributed by atoms with Gasteiger partial charge in [-0.2, -0.15) is 0 Å². The van der Waals surface area contributed by atoms with Crippen LogP contribution in [-0.4, -0.2) is 41.2 Å². The molecule has 2 heterocycles. The maximum absolute atomic E-state index is 9.10. The van der Waals surface area contributed by atoms with Crippen LogP contribution in [0.1, 0.15) is 0 Å². The maximum atomic E-state index is 9.10. The summed E-state index contributed by atoms with van der Waals surface area (Å²) in [5.41, 5.74) is 0. The minimum atomic E-state index is 0.213. The standard InChI is InChI=1S/C10H14N3O/c1-12-4-6-13(7-5-12)10-3-2-9(14)8-11-10/h2-3,8,14H,1,4-7H2/q-1. The first kappa shape index (κ1) is 9.27. The van der Waals surface area contributed by atoms with Crippen molar-refractivity contribution in [1.82, 2.24) is 9.88 Å². The van der Waals surface area contributed by atoms with Crippen LogP contribution < -0.4 is 4.90 Å². The number of piperazine rings is 1. The van der Waals surface area contributed by atoms with Crippen LogP contribution in [-0.2, 0) is 0 Å². The van der Waals surface area contributed by atoms with Crippen molar-refractivity contribution in [1.29, 1.82) is 0 Å². The summed E-state index contributed by atoms with van der Waals surface area (Å²) in [6.07, 6.45) is 1.48. The number of hydrogen-bond donors (Lipinski definition) is 1. The van der Waals surface area contributed by atoms with Crippen molar-refractivity contribution in [3.63, 3.8) is 0 Å². The molecule has 76 valence electrons. The molecule has 1 saturated heterocycles. The highest BCUT2D eigenvalue weighted by molar-refractivity contribution is 5.40. The number of pyridine rings is 1. The molecule has 4 nitrogen and oxygen atoms in total. The SMILES string of the molecule is [CH2-]N1CCN(c2ccc(O)cn2)CC1. The van der Waals surface area contributed by atoms with Gasteiger partial charge in [-0.05, 0) is 25.2 Å². The first-order valence-electron chi connectivity index (χ1n) is 4.71. The van der Waals surface area contributed by atoms with Crippen LogP contribution in [0.5, 0.6) is 5.75 Å². The van der Waals surface area contributed by atoms with E-state index in [2.05, 4.69) is 21.8 Å². The molecule has 1 fully saturated rings. The molecule has 0 unspecified atom stereocenters. The molecule has 0 spiro atoms. The number of aromatic nitrogens is 1. The van der Waals surface area contributed by atoms with Crippen molar-refractivity contribution >= 4 is 5.82 Å². The van der Waals surface area contributed by atoms with Gasteiger partial charge in [-0.25, -0.2) is 4.98 Å². The van der Waals surface area contributed by atoms with Crippen molar-refractivity contribution < 1.29 is 5.11 Å². The lowest BCUT2D eigenvalue weighted by molar-refractivity contribution is 0.343. The van der Waals surface area contributed by atoms with Gasteiger partial charge in [0.2, 0.25) is 0 Å². The monoisotopic (exact) mass is 192 g/mol. The Kier molecular flexibility index (Phi) is 2.54. The van der Waals surface area contributed by atoms with E-state index in [1.165, 1.54) is 6.20 Å². The zero-order valence-corrected chi connectivity index (χ0v) is 8.06. The largest absolute Gasteiger partial charge is 0.506 e. The number of nitrogens with zero attached hydrogens (tertiary/aromatic N) is 3. The molecule has 0 aromatic carbocycles. The Bertz CT molecular complexity index is 291. The van der Waals surface area contributed by atoms with Crippen LogP contribution in [0, 0.1) is 7.05 Å². The van der Waals surface area contributed by atoms with Crippen molar-refractivity contribution in [2.75, 3.05) is 31.1 Å². The zero-order chi connectivity index (χ0) is 9.97. The molecule has 0 radical (unpaired) electrons. The van der Waals surface area contributed by atoms with Crippen LogP contribution in [0.3, 0.4) is 0 Å². The van der Waals surface area contributed by atoms with Gasteiger partial charge in [0.1, 0.15) is 11.6 Å². The third-order valence-electron chi connectivity index (χ3n) is 2.43. The Morgan fingerprint density at radius 2 is 1.93 bits per heavy atom. The van der Waals surface area contributed by atoms with Crippen LogP contribution in [0.2, 0.25) is 0 Å². The predicted molar refractivity (Wildman–Crippen MR) is 55.0 cm³/mol. The van der Waals surface area contributed by atoms with Crippen LogP contribution in [0.4, 0.5) is 5.82 Å². The predicted octanol–water partition coefficient (Wildman–Crippen LogP) is 0.701. The third kappa shape index (κ3) is 1.96. The fourth-order valence-corrected chi connectivity index (χ4v) is 1.54. The van der Waals surface area contributed by atoms with Gasteiger partial charge in [-0.3, -0.25) is 7.05 Å². The number of anilines is 1. The summed E-state index contributed by atoms with van der Waals surface area (Å²) in [4.78, 5) is 8.41. The van der Waals surface area contributed by atoms with Gasteiger partial charge in [0.25, 0.3) is 0 Å². The van der Waals surface area contributed by atoms with Gasteiger partial charge in [-0.1, -0.05) is 0 Å². The summed E-state index contributed by atoms with van der Waals surface area (Å²) in [7, 11) is 3.89. The molecular weight excluding hydrogens is 178 g/mol. The van der Waals surface area contributed by atoms with E-state index in [0.29, 0.717) is 0 Å². The van der Waals surface area contributed by atoms with Crippen molar-refractivity contribution in [3.8, 4) is 5.75 Å². The molecule has 0 atom stereocenters. The van der Waals surface area contributed by atoms with Crippen LogP contribution >= 0.6 is 0 Å². The molecule has 0 aliphatic carbocycles. The minimum Gasteiger partial charge on any atom is -0.506 e. The van der Waals surface area contributed by atoms with Gasteiger partial charge in [0.15, 0.2) is 0 Å². The molecule has 14 heavy (non-hydrogen) atoms. The number of aromatic hydroxyl groups is 1. The maximum Gasteiger partial charge on any atom is 0.134 e. The Balaban J connectivity index is 2.05. The first-order valence-corrected chi connectivity index (χ1v) is 4.71. The molecule has 2 rings (SSSR count). The first-order chi connectivity index (χ1) is 6.75. The summed E-state index contributed by atoms with van der Waals surface area (Å²) in [5.74, 6) is 1.14. The molecule has 1 aromatic rings. The second kappa shape index (κ2) is 3.84. The molecule has 1 aromatic heterocycles. The summed E-state index contributed by atoms with van der Waals surface area (Å²) in [5, 5.41) is 9.10. The van der Waals surface area contributed by atoms with Gasteiger partial charge in [0, 0.05) is 13.1 Å². The molecule has 1 aliphatic heterocycles. The number of hydrogen-bond acceptors (Lipinski definition) is 4. The van der Waals surface area contributed by atoms with Crippen LogP contribution in [0.15, 0.2) is 18.3 Å². The van der Waals surface area contributed by atoms with E-state index >= 15 is 0 Å². The normalized spacial score (nSPS) is 18.5. The fourth-order valence-electron chi connectivity index (χ4n) is 1.54. The summed E-state index contributed by atoms with van der Waals surface area (Å²) in [6.45, 7) is 3.81. The fraction of sp³-hybridized carbons (Fsp3) is 0.400. The van der Waals surface area contributed by atoms with E-state index in [1.807, 2.05) is 6.07 Å². The van der Waals surface area contributed by atoms with Crippen LogP contribution in [0.25, 0.3) is 0 Å². The van der Waals surface area contributed by atoms with E-state index in [0.717, 1.165) is 32.0 Å². The summed E-state index contributed by atoms with van der Waals surface area (Å²) in [6, 6.07) is 3.51. The third-order valence-corrected chi connectivity index (χ3v) is 2.43. The molecule has 4 heteroatoms. The highest BCUT2D eigenvalue weighted by atomic mass is 16.3. The molecule has 1 N–H and O–H groups in total. The summed E-state index contributed by atoms with van der Waals surface area (Å²) >= 11 is 0. The lowest BCUT2D eigenvalue weighted by atomic mass is 10.3. The lowest BCUT2D eigenvalue weighted by Crippen LogP contribution is -2.43. The molecular formula is C10H14N3O-. The smallest absolute Gasteiger partial charge is 0.134 e. The molecule has 0 amide bonds. The van der Waals surface area contributed by atoms with Crippen molar-refractivity contribution in [2.24, 2.45) is 0 Å². The quantitative estimate of drug-likeness (QED) is 0.665. The zero-order valence-electron chi connectivity index (χ0n) is 8.06. The highest BCUT2D eigenvalue weighted by Gasteiger charge is 2.11. The Hall–Kier alpha value is -1.29. The second-order valence-corrected chi connectivity index (χ2v) is 3.48. The second-order valence-electron chi connectivity index (χ2n) is 3.48. The van der Waals surface area contributed by atoms with Crippen molar-refractivity contribution in [3.05, 3.63) is 25.4 Å². The lowest BCUT2D eigenvalue weighted by Gasteiger charge is -2.37. The Labute approximate surface area is 83.8 Å². The topological polar surface area (TPSA) is 39.6 Å². The molecule has 1 aliphatic rings. The minimum absolute atomic E-state index is 0.213. The Morgan fingerprint density at radius 3 is 2.50 bits per heavy atom. The average Bonchev–Trinajstić information content (AvgIpc) is 2.21. The highest BCUT2D eigenvalue weighted by Crippen LogP contribution is 2.15. The van der Waals surface area contributed by atoms with E-state index in [4.69, 9.17) is 5.11 Å². The van der Waals surface area contributed by atoms with E-state index in [9.17, 15) is 0 Å². The molecule has 0 saturated carbocycles. The summed E-state index contributed by atoms with van der Waals surface area (Å²) < 4.78 is 0. The van der Waals surface area contributed by atoms with Gasteiger partial charge in [-0.15, -0.1) is 0 Å². The van der Waals surface area contributed by atoms with Crippen molar-refractivity contribution in [2.45, 2.75) is 0 Å². The Morgan fingerprint density at radius 1 is 1.21 bits per heavy atom. The van der Waals surface area contributed by atoms with E-state index < -0.39 is 0 Å². The average molecular weight is 192 g/mol. The van der Waals surface area contributed by atoms with Gasteiger partial charge < -0.3 is 14.9 Å². The van der Waals surface area contributed by atoms with E-state index in [1.54, 1.807) is 6.07 Å². The van der Waals surface area contributed by atoms with Gasteiger partial charge >= 0.3 is 0 Å². The van der Waals surface area contributed by atoms with Gasteiger partial charge in [0.05, 0.1) is 6.20 Å². The van der Waals surface area contributed by atoms with E-state index in [-0.39, 0.29) is 5.75 Å².